The number of fused-ring (bicyclic) bond motifs is 1. The van der Waals surface area contributed by atoms with Crippen molar-refractivity contribution >= 4 is 10.9 Å². The van der Waals surface area contributed by atoms with E-state index in [1.54, 1.807) is 0 Å². The summed E-state index contributed by atoms with van der Waals surface area (Å²) >= 11 is 0. The van der Waals surface area contributed by atoms with Crippen molar-refractivity contribution < 1.29 is 0 Å². The number of hydrogen-bond acceptors (Lipinski definition) is 1. The highest BCUT2D eigenvalue weighted by atomic mass is 15.0. The van der Waals surface area contributed by atoms with E-state index >= 15 is 0 Å². The molecule has 1 aromatic carbocycles. The number of aromatic nitrogens is 1. The average molecular weight is 258 g/mol. The van der Waals surface area contributed by atoms with E-state index in [4.69, 9.17) is 0 Å². The van der Waals surface area contributed by atoms with Crippen LogP contribution in [0.5, 0.6) is 0 Å². The molecule has 0 spiro atoms. The molecule has 2 aromatic rings. The van der Waals surface area contributed by atoms with E-state index in [0.29, 0.717) is 0 Å². The largest absolute Gasteiger partial charge is 0.347 e. The van der Waals surface area contributed by atoms with Crippen LogP contribution in [-0.4, -0.2) is 18.2 Å². The summed E-state index contributed by atoms with van der Waals surface area (Å²) in [4.78, 5) is 0. The maximum absolute atomic E-state index is 3.24. The molecule has 0 bridgehead atoms. The molecule has 2 nitrogen and oxygen atoms in total. The Morgan fingerprint density at radius 1 is 1.21 bits per heavy atom. The molecule has 2 rings (SSSR count). The molecule has 0 radical (unpaired) electrons. The smallest absolute Gasteiger partial charge is 0.0483 e. The summed E-state index contributed by atoms with van der Waals surface area (Å²) in [5.41, 5.74) is 2.85. The zero-order valence-corrected chi connectivity index (χ0v) is 12.4. The first-order valence-electron chi connectivity index (χ1n) is 7.43. The summed E-state index contributed by atoms with van der Waals surface area (Å²) in [6, 6.07) is 8.78. The fourth-order valence-electron chi connectivity index (χ4n) is 2.64. The lowest BCUT2D eigenvalue weighted by Crippen LogP contribution is -2.10. The Hall–Kier alpha value is -1.28. The molecule has 19 heavy (non-hydrogen) atoms. The molecule has 0 aliphatic carbocycles. The molecule has 0 fully saturated rings. The number of nitrogens with zero attached hydrogens (tertiary/aromatic N) is 1. The van der Waals surface area contributed by atoms with E-state index in [1.807, 2.05) is 7.05 Å². The van der Waals surface area contributed by atoms with Crippen LogP contribution in [0, 0.1) is 5.92 Å². The fourth-order valence-corrected chi connectivity index (χ4v) is 2.64. The summed E-state index contributed by atoms with van der Waals surface area (Å²) in [5.74, 6) is 0.797. The number of para-hydroxylation sites is 1. The third-order valence-corrected chi connectivity index (χ3v) is 3.70. The molecule has 0 unspecified atom stereocenters. The van der Waals surface area contributed by atoms with Gasteiger partial charge in [-0.2, -0.15) is 0 Å². The maximum Gasteiger partial charge on any atom is 0.0483 e. The van der Waals surface area contributed by atoms with Gasteiger partial charge in [0, 0.05) is 23.6 Å². The Bertz CT molecular complexity index is 511. The number of likely N-dealkylation sites (N-methyl/N-ethyl adjacent to an activating group) is 1. The van der Waals surface area contributed by atoms with E-state index < -0.39 is 0 Å². The predicted molar refractivity (Wildman–Crippen MR) is 83.6 cm³/mol. The zero-order chi connectivity index (χ0) is 13.7. The van der Waals surface area contributed by atoms with Gasteiger partial charge in [0.15, 0.2) is 0 Å². The van der Waals surface area contributed by atoms with Crippen LogP contribution in [0.2, 0.25) is 0 Å². The third kappa shape index (κ3) is 3.60. The summed E-state index contributed by atoms with van der Waals surface area (Å²) < 4.78 is 2.43. The number of benzene rings is 1. The monoisotopic (exact) mass is 258 g/mol. The van der Waals surface area contributed by atoms with Crippen LogP contribution in [0.15, 0.2) is 30.5 Å². The van der Waals surface area contributed by atoms with Gasteiger partial charge in [0.1, 0.15) is 0 Å². The summed E-state index contributed by atoms with van der Waals surface area (Å²) in [7, 11) is 2.02. The highest BCUT2D eigenvalue weighted by Crippen LogP contribution is 2.22. The third-order valence-electron chi connectivity index (χ3n) is 3.70. The molecule has 104 valence electrons. The normalized spacial score (nSPS) is 11.6. The maximum atomic E-state index is 3.24. The van der Waals surface area contributed by atoms with Gasteiger partial charge in [-0.3, -0.25) is 0 Å². The number of rotatable bonds is 7. The minimum atomic E-state index is 0.797. The van der Waals surface area contributed by atoms with Crippen LogP contribution in [0.25, 0.3) is 10.9 Å². The van der Waals surface area contributed by atoms with Crippen molar-refractivity contribution in [3.8, 4) is 0 Å². The van der Waals surface area contributed by atoms with Crippen molar-refractivity contribution in [3.05, 3.63) is 36.0 Å². The lowest BCUT2D eigenvalue weighted by Gasteiger charge is -2.07. The SMILES string of the molecule is CNCCc1cn(CCCC(C)C)c2ccccc12. The van der Waals surface area contributed by atoms with Gasteiger partial charge >= 0.3 is 0 Å². The van der Waals surface area contributed by atoms with Crippen LogP contribution in [0.4, 0.5) is 0 Å². The standard InChI is InChI=1S/C17H26N2/c1-14(2)7-6-12-19-13-15(10-11-18-3)16-8-4-5-9-17(16)19/h4-5,8-9,13-14,18H,6-7,10-12H2,1-3H3. The summed E-state index contributed by atoms with van der Waals surface area (Å²) in [6.07, 6.45) is 6.02. The van der Waals surface area contributed by atoms with Crippen LogP contribution in [-0.2, 0) is 13.0 Å². The highest BCUT2D eigenvalue weighted by Gasteiger charge is 2.07. The van der Waals surface area contributed by atoms with Crippen molar-refractivity contribution in [3.63, 3.8) is 0 Å². The van der Waals surface area contributed by atoms with E-state index in [9.17, 15) is 0 Å². The minimum absolute atomic E-state index is 0.797. The van der Waals surface area contributed by atoms with E-state index in [2.05, 4.69) is 54.2 Å². The Morgan fingerprint density at radius 2 is 2.00 bits per heavy atom. The van der Waals surface area contributed by atoms with Gasteiger partial charge in [0.05, 0.1) is 0 Å². The van der Waals surface area contributed by atoms with Crippen molar-refractivity contribution in [2.75, 3.05) is 13.6 Å². The topological polar surface area (TPSA) is 17.0 Å². The number of aryl methyl sites for hydroxylation is 1. The van der Waals surface area contributed by atoms with Crippen LogP contribution >= 0.6 is 0 Å². The molecule has 2 heteroatoms. The first kappa shape index (κ1) is 14.1. The Balaban J connectivity index is 2.18. The van der Waals surface area contributed by atoms with E-state index in [-0.39, 0.29) is 0 Å². The van der Waals surface area contributed by atoms with Gasteiger partial charge in [-0.15, -0.1) is 0 Å². The molecule has 1 aromatic heterocycles. The van der Waals surface area contributed by atoms with Gasteiger partial charge < -0.3 is 9.88 Å². The molecular formula is C17H26N2. The van der Waals surface area contributed by atoms with Crippen LogP contribution in [0.1, 0.15) is 32.3 Å². The summed E-state index contributed by atoms with van der Waals surface area (Å²) in [5, 5.41) is 4.66. The van der Waals surface area contributed by atoms with Gasteiger partial charge in [0.2, 0.25) is 0 Å². The molecule has 0 atom stereocenters. The average Bonchev–Trinajstić information content (AvgIpc) is 2.75. The molecular weight excluding hydrogens is 232 g/mol. The van der Waals surface area contributed by atoms with Crippen molar-refractivity contribution in [1.29, 1.82) is 0 Å². The second-order valence-electron chi connectivity index (χ2n) is 5.75. The molecule has 1 heterocycles. The fraction of sp³-hybridized carbons (Fsp3) is 0.529. The molecule has 1 N–H and O–H groups in total. The molecule has 0 amide bonds. The van der Waals surface area contributed by atoms with Crippen molar-refractivity contribution in [2.45, 2.75) is 39.7 Å². The Kier molecular flexibility index (Phi) is 5.03. The Morgan fingerprint density at radius 3 is 2.74 bits per heavy atom. The van der Waals surface area contributed by atoms with Crippen molar-refractivity contribution in [1.82, 2.24) is 9.88 Å². The van der Waals surface area contributed by atoms with Crippen molar-refractivity contribution in [2.24, 2.45) is 5.92 Å². The van der Waals surface area contributed by atoms with E-state index in [0.717, 1.165) is 25.4 Å². The molecule has 0 aliphatic heterocycles. The zero-order valence-electron chi connectivity index (χ0n) is 12.4. The second kappa shape index (κ2) is 6.76. The first-order chi connectivity index (χ1) is 9.22. The first-order valence-corrected chi connectivity index (χ1v) is 7.43. The van der Waals surface area contributed by atoms with Gasteiger partial charge in [-0.05, 0) is 50.4 Å². The number of nitrogens with one attached hydrogen (secondary N) is 1. The van der Waals surface area contributed by atoms with Gasteiger partial charge in [-0.1, -0.05) is 32.0 Å². The molecule has 0 saturated carbocycles. The molecule has 0 saturated heterocycles. The predicted octanol–water partition coefficient (Wildman–Crippen LogP) is 3.84. The highest BCUT2D eigenvalue weighted by molar-refractivity contribution is 5.84. The van der Waals surface area contributed by atoms with Crippen LogP contribution in [0.3, 0.4) is 0 Å². The van der Waals surface area contributed by atoms with Gasteiger partial charge in [-0.25, -0.2) is 0 Å². The lowest BCUT2D eigenvalue weighted by atomic mass is 10.1. The van der Waals surface area contributed by atoms with E-state index in [1.165, 1.54) is 29.3 Å². The van der Waals surface area contributed by atoms with Crippen LogP contribution < -0.4 is 5.32 Å². The lowest BCUT2D eigenvalue weighted by molar-refractivity contribution is 0.517. The summed E-state index contributed by atoms with van der Waals surface area (Å²) in [6.45, 7) is 6.77. The second-order valence-corrected chi connectivity index (χ2v) is 5.75. The molecule has 0 aliphatic rings. The minimum Gasteiger partial charge on any atom is -0.347 e. The number of hydrogen-bond donors (Lipinski definition) is 1. The van der Waals surface area contributed by atoms with Gasteiger partial charge in [0.25, 0.3) is 0 Å². The Labute approximate surface area is 116 Å². The quantitative estimate of drug-likeness (QED) is 0.798.